The molecule has 2 heterocycles. The number of allylic oxidation sites excluding steroid dienone is 1. The number of rotatable bonds is 3. The van der Waals surface area contributed by atoms with Crippen LogP contribution in [0.3, 0.4) is 0 Å². The van der Waals surface area contributed by atoms with E-state index in [1.54, 1.807) is 6.20 Å². The van der Waals surface area contributed by atoms with E-state index in [1.807, 2.05) is 24.3 Å². The first kappa shape index (κ1) is 14.3. The third kappa shape index (κ3) is 3.35. The fraction of sp³-hybridized carbons (Fsp3) is 0.263. The van der Waals surface area contributed by atoms with Gasteiger partial charge in [0, 0.05) is 25.0 Å². The number of aromatic nitrogens is 1. The van der Waals surface area contributed by atoms with Crippen LogP contribution in [0.2, 0.25) is 0 Å². The van der Waals surface area contributed by atoms with Crippen LogP contribution in [0.1, 0.15) is 30.5 Å². The van der Waals surface area contributed by atoms with Crippen LogP contribution < -0.4 is 4.90 Å². The van der Waals surface area contributed by atoms with Gasteiger partial charge in [0.15, 0.2) is 0 Å². The Kier molecular flexibility index (Phi) is 4.50. The second-order valence-corrected chi connectivity index (χ2v) is 5.52. The van der Waals surface area contributed by atoms with Crippen LogP contribution in [-0.4, -0.2) is 18.1 Å². The smallest absolute Gasteiger partial charge is 0.101 e. The van der Waals surface area contributed by atoms with Crippen LogP contribution in [0.4, 0.5) is 5.69 Å². The normalized spacial score (nSPS) is 15.4. The molecule has 1 aromatic heterocycles. The Labute approximate surface area is 131 Å². The zero-order chi connectivity index (χ0) is 15.2. The number of nitriles is 1. The highest BCUT2D eigenvalue weighted by molar-refractivity contribution is 5.88. The predicted octanol–water partition coefficient (Wildman–Crippen LogP) is 4.14. The molecule has 0 atom stereocenters. The molecule has 0 unspecified atom stereocenters. The Morgan fingerprint density at radius 2 is 1.82 bits per heavy atom. The van der Waals surface area contributed by atoms with E-state index in [2.05, 4.69) is 40.2 Å². The highest BCUT2D eigenvalue weighted by Gasteiger charge is 2.10. The maximum atomic E-state index is 9.33. The van der Waals surface area contributed by atoms with Gasteiger partial charge in [0.1, 0.15) is 6.07 Å². The van der Waals surface area contributed by atoms with Crippen LogP contribution in [-0.2, 0) is 0 Å². The lowest BCUT2D eigenvalue weighted by atomic mass is 10.1. The predicted molar refractivity (Wildman–Crippen MR) is 90.2 cm³/mol. The minimum absolute atomic E-state index is 0.589. The van der Waals surface area contributed by atoms with Crippen molar-refractivity contribution in [3.05, 3.63) is 59.9 Å². The molecule has 3 rings (SSSR count). The van der Waals surface area contributed by atoms with Gasteiger partial charge in [-0.15, -0.1) is 0 Å². The van der Waals surface area contributed by atoms with Gasteiger partial charge < -0.3 is 4.90 Å². The topological polar surface area (TPSA) is 39.9 Å². The highest BCUT2D eigenvalue weighted by atomic mass is 15.1. The molecule has 1 fully saturated rings. The number of anilines is 1. The molecule has 0 N–H and O–H groups in total. The van der Waals surface area contributed by atoms with Crippen molar-refractivity contribution < 1.29 is 0 Å². The van der Waals surface area contributed by atoms with Crippen molar-refractivity contribution >= 4 is 17.3 Å². The van der Waals surface area contributed by atoms with E-state index in [9.17, 15) is 5.26 Å². The highest BCUT2D eigenvalue weighted by Crippen LogP contribution is 2.22. The number of pyridine rings is 1. The number of benzene rings is 1. The van der Waals surface area contributed by atoms with Crippen LogP contribution in [0, 0.1) is 11.3 Å². The van der Waals surface area contributed by atoms with Gasteiger partial charge in [0.25, 0.3) is 0 Å². The molecule has 2 aromatic rings. The summed E-state index contributed by atoms with van der Waals surface area (Å²) < 4.78 is 0. The molecule has 110 valence electrons. The van der Waals surface area contributed by atoms with Gasteiger partial charge in [-0.2, -0.15) is 5.26 Å². The van der Waals surface area contributed by atoms with Gasteiger partial charge in [-0.25, -0.2) is 0 Å². The van der Waals surface area contributed by atoms with Gasteiger partial charge in [-0.05, 0) is 55.2 Å². The zero-order valence-corrected chi connectivity index (χ0v) is 12.6. The van der Waals surface area contributed by atoms with Crippen LogP contribution in [0.5, 0.6) is 0 Å². The number of hydrogen-bond acceptors (Lipinski definition) is 3. The van der Waals surface area contributed by atoms with E-state index in [-0.39, 0.29) is 0 Å². The monoisotopic (exact) mass is 289 g/mol. The third-order valence-electron chi connectivity index (χ3n) is 3.99. The first-order chi connectivity index (χ1) is 10.9. The first-order valence-corrected chi connectivity index (χ1v) is 7.75. The van der Waals surface area contributed by atoms with Gasteiger partial charge in [-0.1, -0.05) is 18.2 Å². The first-order valence-electron chi connectivity index (χ1n) is 7.75. The van der Waals surface area contributed by atoms with E-state index in [1.165, 1.54) is 24.9 Å². The standard InChI is InChI=1S/C19H19N3/c20-15-17(19-6-2-3-11-21-19)14-16-7-9-18(10-8-16)22-12-4-1-5-13-22/h2-3,6-11,14H,1,4-5,12-13H2/b17-14-. The van der Waals surface area contributed by atoms with Crippen molar-refractivity contribution in [3.8, 4) is 6.07 Å². The summed E-state index contributed by atoms with van der Waals surface area (Å²) in [6.45, 7) is 2.29. The molecule has 1 aliphatic rings. The van der Waals surface area contributed by atoms with E-state index in [0.717, 1.165) is 18.7 Å². The average molecular weight is 289 g/mol. The summed E-state index contributed by atoms with van der Waals surface area (Å²) in [4.78, 5) is 6.67. The molecule has 22 heavy (non-hydrogen) atoms. The molecular formula is C19H19N3. The molecule has 0 spiro atoms. The summed E-state index contributed by atoms with van der Waals surface area (Å²) in [5, 5.41) is 9.33. The fourth-order valence-electron chi connectivity index (χ4n) is 2.79. The molecule has 3 heteroatoms. The SMILES string of the molecule is N#C/C(=C/c1ccc(N2CCCCC2)cc1)c1ccccn1. The third-order valence-corrected chi connectivity index (χ3v) is 3.99. The van der Waals surface area contributed by atoms with Crippen molar-refractivity contribution in [1.82, 2.24) is 4.98 Å². The largest absolute Gasteiger partial charge is 0.372 e. The molecule has 1 aliphatic heterocycles. The molecular weight excluding hydrogens is 270 g/mol. The van der Waals surface area contributed by atoms with Gasteiger partial charge in [0.05, 0.1) is 11.3 Å². The summed E-state index contributed by atoms with van der Waals surface area (Å²) in [5.41, 5.74) is 3.60. The summed E-state index contributed by atoms with van der Waals surface area (Å²) in [7, 11) is 0. The van der Waals surface area contributed by atoms with Gasteiger partial charge >= 0.3 is 0 Å². The lowest BCUT2D eigenvalue weighted by Gasteiger charge is -2.28. The van der Waals surface area contributed by atoms with Gasteiger partial charge in [0.2, 0.25) is 0 Å². The summed E-state index contributed by atoms with van der Waals surface area (Å²) in [6, 6.07) is 16.3. The molecule has 0 bridgehead atoms. The van der Waals surface area contributed by atoms with Crippen LogP contribution in [0.15, 0.2) is 48.7 Å². The maximum Gasteiger partial charge on any atom is 0.101 e. The Morgan fingerprint density at radius 3 is 2.45 bits per heavy atom. The van der Waals surface area contributed by atoms with Crippen molar-refractivity contribution in [2.75, 3.05) is 18.0 Å². The Balaban J connectivity index is 1.80. The lowest BCUT2D eigenvalue weighted by molar-refractivity contribution is 0.578. The Morgan fingerprint density at radius 1 is 1.05 bits per heavy atom. The van der Waals surface area contributed by atoms with E-state index < -0.39 is 0 Å². The minimum atomic E-state index is 0.589. The molecule has 1 aromatic carbocycles. The van der Waals surface area contributed by atoms with Crippen molar-refractivity contribution in [3.63, 3.8) is 0 Å². The maximum absolute atomic E-state index is 9.33. The fourth-order valence-corrected chi connectivity index (χ4v) is 2.79. The number of nitrogens with zero attached hydrogens (tertiary/aromatic N) is 3. The molecule has 0 aliphatic carbocycles. The summed E-state index contributed by atoms with van der Waals surface area (Å²) in [6.07, 6.45) is 7.50. The average Bonchev–Trinajstić information content (AvgIpc) is 2.62. The Hall–Kier alpha value is -2.60. The van der Waals surface area contributed by atoms with Gasteiger partial charge in [-0.3, -0.25) is 4.98 Å². The molecule has 1 saturated heterocycles. The molecule has 0 amide bonds. The van der Waals surface area contributed by atoms with Crippen molar-refractivity contribution in [2.24, 2.45) is 0 Å². The summed E-state index contributed by atoms with van der Waals surface area (Å²) in [5.74, 6) is 0. The van der Waals surface area contributed by atoms with E-state index in [4.69, 9.17) is 0 Å². The lowest BCUT2D eigenvalue weighted by Crippen LogP contribution is -2.29. The quantitative estimate of drug-likeness (QED) is 0.797. The Bertz CT molecular complexity index is 675. The number of hydrogen-bond donors (Lipinski definition) is 0. The second-order valence-electron chi connectivity index (χ2n) is 5.52. The van der Waals surface area contributed by atoms with E-state index >= 15 is 0 Å². The van der Waals surface area contributed by atoms with Crippen LogP contribution >= 0.6 is 0 Å². The molecule has 0 saturated carbocycles. The van der Waals surface area contributed by atoms with Crippen molar-refractivity contribution in [2.45, 2.75) is 19.3 Å². The second kappa shape index (κ2) is 6.91. The summed E-state index contributed by atoms with van der Waals surface area (Å²) >= 11 is 0. The molecule has 3 nitrogen and oxygen atoms in total. The van der Waals surface area contributed by atoms with Crippen molar-refractivity contribution in [1.29, 1.82) is 5.26 Å². The zero-order valence-electron chi connectivity index (χ0n) is 12.6. The number of piperidine rings is 1. The van der Waals surface area contributed by atoms with Crippen LogP contribution in [0.25, 0.3) is 11.6 Å². The van der Waals surface area contributed by atoms with E-state index in [0.29, 0.717) is 11.3 Å². The minimum Gasteiger partial charge on any atom is -0.372 e. The molecule has 0 radical (unpaired) electrons.